The second-order valence-electron chi connectivity index (χ2n) is 3.34. The largest absolute Gasteiger partial charge is 0.347 e. The predicted molar refractivity (Wildman–Crippen MR) is 48.8 cm³/mol. The van der Waals surface area contributed by atoms with Crippen LogP contribution in [-0.4, -0.2) is 32.6 Å². The monoisotopic (exact) mass is 198 g/mol. The number of nitrogens with zero attached hydrogens (tertiary/aromatic N) is 3. The van der Waals surface area contributed by atoms with Gasteiger partial charge in [-0.15, -0.1) is 5.10 Å². The van der Waals surface area contributed by atoms with Crippen molar-refractivity contribution < 1.29 is 4.79 Å². The summed E-state index contributed by atoms with van der Waals surface area (Å²) in [5, 5.41) is 15.5. The van der Waals surface area contributed by atoms with Crippen molar-refractivity contribution in [3.05, 3.63) is 5.82 Å². The van der Waals surface area contributed by atoms with Crippen molar-refractivity contribution in [3.8, 4) is 0 Å². The van der Waals surface area contributed by atoms with Gasteiger partial charge in [0.15, 0.2) is 5.82 Å². The Balaban J connectivity index is 2.35. The van der Waals surface area contributed by atoms with Crippen molar-refractivity contribution in [2.75, 3.05) is 0 Å². The minimum Gasteiger partial charge on any atom is -0.347 e. The molecular weight excluding hydrogens is 184 g/mol. The minimum absolute atomic E-state index is 0.114. The zero-order valence-electron chi connectivity index (χ0n) is 8.19. The first-order chi connectivity index (χ1) is 6.61. The fraction of sp³-hybridized carbons (Fsp3) is 0.714. The molecule has 1 amide bonds. The van der Waals surface area contributed by atoms with Crippen LogP contribution in [0, 0.1) is 5.92 Å². The molecule has 0 fully saturated rings. The molecule has 1 aromatic rings. The van der Waals surface area contributed by atoms with Gasteiger partial charge in [0.25, 0.3) is 0 Å². The van der Waals surface area contributed by atoms with Gasteiger partial charge < -0.3 is 11.1 Å². The van der Waals surface area contributed by atoms with E-state index in [2.05, 4.69) is 25.9 Å². The van der Waals surface area contributed by atoms with Gasteiger partial charge in [-0.3, -0.25) is 4.79 Å². The Hall–Kier alpha value is -1.50. The third kappa shape index (κ3) is 2.77. The number of nitrogens with two attached hydrogens (primary N) is 1. The number of aromatic amines is 1. The third-order valence-corrected chi connectivity index (χ3v) is 1.84. The maximum atomic E-state index is 11.4. The van der Waals surface area contributed by atoms with Crippen LogP contribution in [0.4, 0.5) is 0 Å². The topological polar surface area (TPSA) is 110 Å². The predicted octanol–water partition coefficient (Wildman–Crippen LogP) is -1.20. The molecule has 0 bridgehead atoms. The normalized spacial score (nSPS) is 12.9. The highest BCUT2D eigenvalue weighted by Gasteiger charge is 2.16. The first-order valence-corrected chi connectivity index (χ1v) is 4.37. The molecule has 14 heavy (non-hydrogen) atoms. The summed E-state index contributed by atoms with van der Waals surface area (Å²) in [7, 11) is 0. The Morgan fingerprint density at radius 3 is 2.86 bits per heavy atom. The van der Waals surface area contributed by atoms with Gasteiger partial charge in [0.2, 0.25) is 5.91 Å². The summed E-state index contributed by atoms with van der Waals surface area (Å²) in [6.07, 6.45) is 0. The molecule has 7 nitrogen and oxygen atoms in total. The zero-order chi connectivity index (χ0) is 10.6. The average molecular weight is 198 g/mol. The average Bonchev–Trinajstić information content (AvgIpc) is 2.65. The second kappa shape index (κ2) is 4.66. The van der Waals surface area contributed by atoms with Crippen LogP contribution in [0.1, 0.15) is 19.7 Å². The smallest absolute Gasteiger partial charge is 0.237 e. The molecular formula is C7H14N6O. The number of H-pyrrole nitrogens is 1. The van der Waals surface area contributed by atoms with E-state index >= 15 is 0 Å². The number of tetrazole rings is 1. The molecule has 78 valence electrons. The number of hydrogen-bond donors (Lipinski definition) is 3. The van der Waals surface area contributed by atoms with Crippen LogP contribution in [0.25, 0.3) is 0 Å². The Bertz CT molecular complexity index is 282. The van der Waals surface area contributed by atoms with Gasteiger partial charge in [-0.25, -0.2) is 5.10 Å². The molecule has 1 aromatic heterocycles. The van der Waals surface area contributed by atoms with Crippen LogP contribution >= 0.6 is 0 Å². The van der Waals surface area contributed by atoms with Gasteiger partial charge in [0, 0.05) is 0 Å². The van der Waals surface area contributed by atoms with Crippen molar-refractivity contribution in [3.63, 3.8) is 0 Å². The number of nitrogens with one attached hydrogen (secondary N) is 2. The van der Waals surface area contributed by atoms with E-state index in [4.69, 9.17) is 5.73 Å². The first-order valence-electron chi connectivity index (χ1n) is 4.37. The van der Waals surface area contributed by atoms with Crippen LogP contribution < -0.4 is 11.1 Å². The zero-order valence-corrected chi connectivity index (χ0v) is 8.19. The van der Waals surface area contributed by atoms with Crippen molar-refractivity contribution in [2.24, 2.45) is 11.7 Å². The lowest BCUT2D eigenvalue weighted by Gasteiger charge is -2.14. The molecule has 0 spiro atoms. The highest BCUT2D eigenvalue weighted by atomic mass is 16.2. The highest BCUT2D eigenvalue weighted by Crippen LogP contribution is 1.97. The lowest BCUT2D eigenvalue weighted by atomic mass is 10.1. The summed E-state index contributed by atoms with van der Waals surface area (Å²) in [6.45, 7) is 4.05. The van der Waals surface area contributed by atoms with E-state index in [9.17, 15) is 4.79 Å². The number of carbonyl (C=O) groups excluding carboxylic acids is 1. The Labute approximate surface area is 81.4 Å². The van der Waals surface area contributed by atoms with Crippen molar-refractivity contribution in [2.45, 2.75) is 26.4 Å². The summed E-state index contributed by atoms with van der Waals surface area (Å²) in [6, 6.07) is -0.495. The molecule has 0 aliphatic carbocycles. The van der Waals surface area contributed by atoms with E-state index in [1.165, 1.54) is 0 Å². The van der Waals surface area contributed by atoms with Crippen LogP contribution in [0.2, 0.25) is 0 Å². The number of amides is 1. The van der Waals surface area contributed by atoms with E-state index in [1.54, 1.807) is 0 Å². The Morgan fingerprint density at radius 1 is 1.64 bits per heavy atom. The lowest BCUT2D eigenvalue weighted by Crippen LogP contribution is -2.43. The molecule has 1 heterocycles. The summed E-state index contributed by atoms with van der Waals surface area (Å²) >= 11 is 0. The molecule has 1 rings (SSSR count). The summed E-state index contributed by atoms with van der Waals surface area (Å²) < 4.78 is 0. The van der Waals surface area contributed by atoms with Gasteiger partial charge in [-0.2, -0.15) is 0 Å². The molecule has 7 heteroatoms. The Morgan fingerprint density at radius 2 is 2.36 bits per heavy atom. The van der Waals surface area contributed by atoms with Crippen LogP contribution in [0.15, 0.2) is 0 Å². The van der Waals surface area contributed by atoms with Crippen LogP contribution in [-0.2, 0) is 11.3 Å². The van der Waals surface area contributed by atoms with Crippen molar-refractivity contribution >= 4 is 5.91 Å². The van der Waals surface area contributed by atoms with E-state index in [-0.39, 0.29) is 18.4 Å². The number of hydrogen-bond acceptors (Lipinski definition) is 5. The molecule has 0 aliphatic heterocycles. The maximum Gasteiger partial charge on any atom is 0.237 e. The van der Waals surface area contributed by atoms with Gasteiger partial charge in [-0.05, 0) is 16.3 Å². The molecule has 1 atom stereocenters. The molecule has 4 N–H and O–H groups in total. The number of carbonyl (C=O) groups is 1. The van der Waals surface area contributed by atoms with E-state index in [1.807, 2.05) is 13.8 Å². The van der Waals surface area contributed by atoms with Gasteiger partial charge in [-0.1, -0.05) is 13.8 Å². The molecule has 0 saturated carbocycles. The fourth-order valence-electron chi connectivity index (χ4n) is 0.845. The summed E-state index contributed by atoms with van der Waals surface area (Å²) in [5.74, 6) is 0.425. The van der Waals surface area contributed by atoms with Gasteiger partial charge >= 0.3 is 0 Å². The molecule has 0 radical (unpaired) electrons. The molecule has 1 unspecified atom stereocenters. The van der Waals surface area contributed by atoms with E-state index in [0.29, 0.717) is 5.82 Å². The van der Waals surface area contributed by atoms with Gasteiger partial charge in [0.05, 0.1) is 12.6 Å². The van der Waals surface area contributed by atoms with E-state index in [0.717, 1.165) is 0 Å². The van der Waals surface area contributed by atoms with E-state index < -0.39 is 6.04 Å². The van der Waals surface area contributed by atoms with Gasteiger partial charge in [0.1, 0.15) is 0 Å². The molecule has 0 aromatic carbocycles. The maximum absolute atomic E-state index is 11.4. The second-order valence-corrected chi connectivity index (χ2v) is 3.34. The number of aromatic nitrogens is 4. The summed E-state index contributed by atoms with van der Waals surface area (Å²) in [4.78, 5) is 11.4. The minimum atomic E-state index is -0.495. The first kappa shape index (κ1) is 10.6. The van der Waals surface area contributed by atoms with Crippen molar-refractivity contribution in [1.29, 1.82) is 0 Å². The van der Waals surface area contributed by atoms with Crippen LogP contribution in [0.3, 0.4) is 0 Å². The van der Waals surface area contributed by atoms with Crippen LogP contribution in [0.5, 0.6) is 0 Å². The standard InChI is InChI=1S/C7H14N6O/c1-4(2)6(8)7(14)9-3-5-10-12-13-11-5/h4,6H,3,8H2,1-2H3,(H,9,14)(H,10,11,12,13). The quantitative estimate of drug-likeness (QED) is 0.563. The third-order valence-electron chi connectivity index (χ3n) is 1.84. The SMILES string of the molecule is CC(C)C(N)C(=O)NCc1nnn[nH]1. The van der Waals surface area contributed by atoms with Crippen molar-refractivity contribution in [1.82, 2.24) is 25.9 Å². The highest BCUT2D eigenvalue weighted by molar-refractivity contribution is 5.81. The number of rotatable bonds is 4. The molecule has 0 saturated heterocycles. The fourth-order valence-corrected chi connectivity index (χ4v) is 0.845. The molecule has 0 aliphatic rings. The Kier molecular flexibility index (Phi) is 3.52. The summed E-state index contributed by atoms with van der Waals surface area (Å²) in [5.41, 5.74) is 5.63. The lowest BCUT2D eigenvalue weighted by molar-refractivity contribution is -0.123.